The standard InChI is InChI=1S/C5H3ClN2O2/c6-4(9)3-1-2-7-8-5(3)10/h1-2H,(H,8,10). The van der Waals surface area contributed by atoms with Crippen LogP contribution in [0.25, 0.3) is 0 Å². The smallest absolute Gasteiger partial charge is 0.275 e. The highest BCUT2D eigenvalue weighted by Gasteiger charge is 2.04. The topological polar surface area (TPSA) is 62.8 Å². The van der Waals surface area contributed by atoms with E-state index in [0.717, 1.165) is 0 Å². The second-order valence-corrected chi connectivity index (χ2v) is 1.92. The fourth-order valence-electron chi connectivity index (χ4n) is 0.498. The molecule has 0 bridgehead atoms. The summed E-state index contributed by atoms with van der Waals surface area (Å²) in [6, 6.07) is 1.26. The summed E-state index contributed by atoms with van der Waals surface area (Å²) < 4.78 is 0. The van der Waals surface area contributed by atoms with E-state index in [9.17, 15) is 9.59 Å². The van der Waals surface area contributed by atoms with Crippen molar-refractivity contribution in [2.24, 2.45) is 0 Å². The van der Waals surface area contributed by atoms with Crippen molar-refractivity contribution in [2.75, 3.05) is 0 Å². The Balaban J connectivity index is 3.29. The Hall–Kier alpha value is -1.16. The summed E-state index contributed by atoms with van der Waals surface area (Å²) in [4.78, 5) is 21.0. The average molecular weight is 159 g/mol. The molecule has 1 rings (SSSR count). The maximum absolute atomic E-state index is 10.6. The highest BCUT2D eigenvalue weighted by atomic mass is 35.5. The summed E-state index contributed by atoms with van der Waals surface area (Å²) in [6.45, 7) is 0. The number of rotatable bonds is 1. The van der Waals surface area contributed by atoms with Crippen molar-refractivity contribution < 1.29 is 4.79 Å². The van der Waals surface area contributed by atoms with E-state index in [0.29, 0.717) is 0 Å². The Bertz CT molecular complexity index is 307. The van der Waals surface area contributed by atoms with Crippen LogP contribution in [0.2, 0.25) is 0 Å². The van der Waals surface area contributed by atoms with Crippen molar-refractivity contribution in [3.8, 4) is 0 Å². The van der Waals surface area contributed by atoms with Crippen LogP contribution in [-0.2, 0) is 0 Å². The molecule has 0 spiro atoms. The first kappa shape index (κ1) is 6.95. The largest absolute Gasteiger partial charge is 0.276 e. The fraction of sp³-hybridized carbons (Fsp3) is 0. The maximum atomic E-state index is 10.6. The molecule has 0 radical (unpaired) electrons. The summed E-state index contributed by atoms with van der Waals surface area (Å²) in [7, 11) is 0. The number of aromatic amines is 1. The molecule has 0 aliphatic heterocycles. The molecule has 1 aromatic rings. The number of carbonyl (C=O) groups is 1. The molecule has 0 saturated carbocycles. The summed E-state index contributed by atoms with van der Waals surface area (Å²) in [6.07, 6.45) is 1.29. The van der Waals surface area contributed by atoms with Crippen LogP contribution in [0.3, 0.4) is 0 Å². The van der Waals surface area contributed by atoms with Crippen LogP contribution in [0.5, 0.6) is 0 Å². The number of nitrogens with one attached hydrogen (secondary N) is 1. The Morgan fingerprint density at radius 3 is 2.80 bits per heavy atom. The molecule has 1 aromatic heterocycles. The summed E-state index contributed by atoms with van der Waals surface area (Å²) >= 11 is 5.02. The van der Waals surface area contributed by atoms with E-state index >= 15 is 0 Å². The van der Waals surface area contributed by atoms with Crippen LogP contribution >= 0.6 is 11.6 Å². The number of H-pyrrole nitrogens is 1. The third-order valence-corrected chi connectivity index (χ3v) is 1.14. The first-order valence-electron chi connectivity index (χ1n) is 2.45. The lowest BCUT2D eigenvalue weighted by atomic mass is 10.3. The number of hydrogen-bond acceptors (Lipinski definition) is 3. The Kier molecular flexibility index (Phi) is 1.82. The van der Waals surface area contributed by atoms with Gasteiger partial charge in [-0.05, 0) is 17.7 Å². The first-order chi connectivity index (χ1) is 4.72. The van der Waals surface area contributed by atoms with Crippen LogP contribution in [0.4, 0.5) is 0 Å². The Morgan fingerprint density at radius 1 is 1.70 bits per heavy atom. The van der Waals surface area contributed by atoms with Gasteiger partial charge in [0.05, 0.1) is 0 Å². The molecule has 0 fully saturated rings. The molecule has 1 N–H and O–H groups in total. The van der Waals surface area contributed by atoms with Gasteiger partial charge < -0.3 is 0 Å². The number of aromatic nitrogens is 2. The molecule has 5 heteroatoms. The van der Waals surface area contributed by atoms with Gasteiger partial charge in [-0.2, -0.15) is 5.10 Å². The molecular formula is C5H3ClN2O2. The molecular weight excluding hydrogens is 156 g/mol. The molecule has 0 aromatic carbocycles. The van der Waals surface area contributed by atoms with Gasteiger partial charge in [-0.3, -0.25) is 9.59 Å². The van der Waals surface area contributed by atoms with Crippen molar-refractivity contribution in [2.45, 2.75) is 0 Å². The molecule has 0 aliphatic rings. The lowest BCUT2D eigenvalue weighted by Gasteiger charge is -1.86. The maximum Gasteiger partial charge on any atom is 0.276 e. The Morgan fingerprint density at radius 2 is 2.40 bits per heavy atom. The predicted octanol–water partition coefficient (Wildman–Crippen LogP) is 0.149. The van der Waals surface area contributed by atoms with Gasteiger partial charge in [0.15, 0.2) is 0 Å². The summed E-state index contributed by atoms with van der Waals surface area (Å²) in [5, 5.41) is 4.67. The van der Waals surface area contributed by atoms with Crippen molar-refractivity contribution in [1.82, 2.24) is 10.2 Å². The van der Waals surface area contributed by atoms with E-state index in [1.165, 1.54) is 12.3 Å². The molecule has 0 unspecified atom stereocenters. The minimum Gasteiger partial charge on any atom is -0.275 e. The average Bonchev–Trinajstić information content (AvgIpc) is 1.88. The SMILES string of the molecule is O=C(Cl)c1ccn[nH]c1=O. The predicted molar refractivity (Wildman–Crippen MR) is 35.0 cm³/mol. The minimum atomic E-state index is -0.774. The summed E-state index contributed by atoms with van der Waals surface area (Å²) in [5.74, 6) is 0. The van der Waals surface area contributed by atoms with Crippen molar-refractivity contribution >= 4 is 16.8 Å². The lowest BCUT2D eigenvalue weighted by Crippen LogP contribution is -2.14. The van der Waals surface area contributed by atoms with Gasteiger partial charge in [0.1, 0.15) is 5.56 Å². The molecule has 4 nitrogen and oxygen atoms in total. The van der Waals surface area contributed by atoms with Gasteiger partial charge >= 0.3 is 0 Å². The molecule has 0 atom stereocenters. The number of hydrogen-bond donors (Lipinski definition) is 1. The number of halogens is 1. The molecule has 0 saturated heterocycles. The van der Waals surface area contributed by atoms with Crippen molar-refractivity contribution in [3.05, 3.63) is 28.2 Å². The van der Waals surface area contributed by atoms with E-state index in [-0.39, 0.29) is 5.56 Å². The fourth-order valence-corrected chi connectivity index (χ4v) is 0.647. The molecule has 52 valence electrons. The second-order valence-electron chi connectivity index (χ2n) is 1.57. The van der Waals surface area contributed by atoms with E-state index in [1.54, 1.807) is 0 Å². The highest BCUT2D eigenvalue weighted by molar-refractivity contribution is 6.67. The number of carbonyl (C=O) groups excluding carboxylic acids is 1. The van der Waals surface area contributed by atoms with E-state index in [2.05, 4.69) is 10.2 Å². The third kappa shape index (κ3) is 1.22. The van der Waals surface area contributed by atoms with Crippen LogP contribution in [0.1, 0.15) is 10.4 Å². The van der Waals surface area contributed by atoms with Gasteiger partial charge in [0, 0.05) is 6.20 Å². The molecule has 10 heavy (non-hydrogen) atoms. The molecule has 0 aliphatic carbocycles. The van der Waals surface area contributed by atoms with Gasteiger partial charge in [-0.1, -0.05) is 0 Å². The molecule has 0 amide bonds. The van der Waals surface area contributed by atoms with Crippen LogP contribution in [0.15, 0.2) is 17.1 Å². The van der Waals surface area contributed by atoms with Gasteiger partial charge in [-0.25, -0.2) is 5.10 Å². The third-order valence-electron chi connectivity index (χ3n) is 0.938. The zero-order valence-corrected chi connectivity index (χ0v) is 5.55. The highest BCUT2D eigenvalue weighted by Crippen LogP contribution is 1.92. The quantitative estimate of drug-likeness (QED) is 0.592. The monoisotopic (exact) mass is 158 g/mol. The normalized spacial score (nSPS) is 9.30. The van der Waals surface area contributed by atoms with Crippen molar-refractivity contribution in [1.29, 1.82) is 0 Å². The lowest BCUT2D eigenvalue weighted by molar-refractivity contribution is 0.108. The zero-order chi connectivity index (χ0) is 7.56. The number of nitrogens with zero attached hydrogens (tertiary/aromatic N) is 1. The van der Waals surface area contributed by atoms with Gasteiger partial charge in [-0.15, -0.1) is 0 Å². The van der Waals surface area contributed by atoms with Crippen LogP contribution < -0.4 is 5.56 Å². The minimum absolute atomic E-state index is 0.0864. The molecule has 1 heterocycles. The zero-order valence-electron chi connectivity index (χ0n) is 4.80. The Labute approximate surface area is 60.8 Å². The second kappa shape index (κ2) is 2.62. The van der Waals surface area contributed by atoms with Crippen LogP contribution in [0, 0.1) is 0 Å². The van der Waals surface area contributed by atoms with E-state index in [4.69, 9.17) is 11.6 Å². The van der Waals surface area contributed by atoms with Crippen molar-refractivity contribution in [3.63, 3.8) is 0 Å². The van der Waals surface area contributed by atoms with E-state index < -0.39 is 10.8 Å². The summed E-state index contributed by atoms with van der Waals surface area (Å²) in [5.41, 5.74) is -0.654. The first-order valence-corrected chi connectivity index (χ1v) is 2.83. The van der Waals surface area contributed by atoms with Gasteiger partial charge in [0.2, 0.25) is 0 Å². The van der Waals surface area contributed by atoms with E-state index in [1.807, 2.05) is 0 Å². The van der Waals surface area contributed by atoms with Crippen LogP contribution in [-0.4, -0.2) is 15.4 Å². The van der Waals surface area contributed by atoms with Gasteiger partial charge in [0.25, 0.3) is 10.8 Å².